The van der Waals surface area contributed by atoms with Gasteiger partial charge in [0, 0.05) is 31.4 Å². The summed E-state index contributed by atoms with van der Waals surface area (Å²) in [5.74, 6) is 0. The lowest BCUT2D eigenvalue weighted by molar-refractivity contribution is 0.530. The maximum atomic E-state index is 4.98. The number of pyridine rings is 2. The van der Waals surface area contributed by atoms with Gasteiger partial charge in [-0.05, 0) is 66.5 Å². The second kappa shape index (κ2) is 8.39. The standard InChI is InChI=1S/C27H26N6/c1-5-17(15-19(6-2)33(3)4)22-11-12-23-25(29-22)26(32-31-23)24-16-21-20(18-9-7-8-10-18)13-14-28-27(21)30-24/h5-7,9-16H,2,8H2,1,3-4H3,(H,28,30)(H,31,32)/b17-5+,19-15+. The van der Waals surface area contributed by atoms with Crippen LogP contribution in [0.1, 0.15) is 24.6 Å². The van der Waals surface area contributed by atoms with Crippen LogP contribution < -0.4 is 0 Å². The van der Waals surface area contributed by atoms with Gasteiger partial charge in [0.15, 0.2) is 0 Å². The number of hydrogen-bond acceptors (Lipinski definition) is 4. The van der Waals surface area contributed by atoms with Crippen LogP contribution in [-0.2, 0) is 0 Å². The third-order valence-corrected chi connectivity index (χ3v) is 5.91. The molecular weight excluding hydrogens is 408 g/mol. The Kier molecular flexibility index (Phi) is 5.26. The molecule has 4 aromatic heterocycles. The number of nitrogens with zero attached hydrogens (tertiary/aromatic N) is 4. The molecule has 0 radical (unpaired) electrons. The van der Waals surface area contributed by atoms with Crippen LogP contribution in [0.3, 0.4) is 0 Å². The van der Waals surface area contributed by atoms with Crippen molar-refractivity contribution in [3.63, 3.8) is 0 Å². The van der Waals surface area contributed by atoms with E-state index >= 15 is 0 Å². The fourth-order valence-electron chi connectivity index (χ4n) is 4.15. The van der Waals surface area contributed by atoms with Crippen molar-refractivity contribution in [1.82, 2.24) is 30.0 Å². The van der Waals surface area contributed by atoms with Crippen molar-refractivity contribution in [1.29, 1.82) is 0 Å². The molecule has 0 atom stereocenters. The van der Waals surface area contributed by atoms with Gasteiger partial charge in [0.1, 0.15) is 16.9 Å². The van der Waals surface area contributed by atoms with Crippen LogP contribution >= 0.6 is 0 Å². The Bertz CT molecular complexity index is 1490. The highest BCUT2D eigenvalue weighted by atomic mass is 15.1. The van der Waals surface area contributed by atoms with Crippen LogP contribution in [0.5, 0.6) is 0 Å². The average Bonchev–Trinajstić information content (AvgIpc) is 3.57. The molecule has 0 aromatic carbocycles. The Morgan fingerprint density at radius 3 is 2.82 bits per heavy atom. The van der Waals surface area contributed by atoms with Crippen molar-refractivity contribution < 1.29 is 0 Å². The van der Waals surface area contributed by atoms with Crippen molar-refractivity contribution in [3.05, 3.63) is 90.5 Å². The molecule has 164 valence electrons. The molecule has 1 aliphatic rings. The zero-order chi connectivity index (χ0) is 22.9. The highest BCUT2D eigenvalue weighted by Gasteiger charge is 2.16. The SMILES string of the molecule is C=C/C(=C\C(=C/C)c1ccc2[nH]nc(-c3cc4c(C5=CCC=C5)ccnc4[nH]3)c2n1)N(C)C. The molecule has 6 heteroatoms. The normalized spacial score (nSPS) is 14.3. The lowest BCUT2D eigenvalue weighted by Crippen LogP contribution is -2.09. The lowest BCUT2D eigenvalue weighted by atomic mass is 10.0. The summed E-state index contributed by atoms with van der Waals surface area (Å²) < 4.78 is 0. The van der Waals surface area contributed by atoms with Gasteiger partial charge in [0.2, 0.25) is 0 Å². The molecule has 5 rings (SSSR count). The number of aromatic amines is 2. The van der Waals surface area contributed by atoms with E-state index < -0.39 is 0 Å². The Balaban J connectivity index is 1.61. The molecular formula is C27H26N6. The second-order valence-corrected chi connectivity index (χ2v) is 8.18. The summed E-state index contributed by atoms with van der Waals surface area (Å²) in [6.07, 6.45) is 15.4. The summed E-state index contributed by atoms with van der Waals surface area (Å²) in [5.41, 5.74) is 9.53. The van der Waals surface area contributed by atoms with E-state index in [1.807, 2.05) is 50.3 Å². The zero-order valence-corrected chi connectivity index (χ0v) is 19.1. The first-order valence-electron chi connectivity index (χ1n) is 11.0. The predicted molar refractivity (Wildman–Crippen MR) is 136 cm³/mol. The van der Waals surface area contributed by atoms with E-state index in [1.54, 1.807) is 0 Å². The lowest BCUT2D eigenvalue weighted by Gasteiger charge is -2.14. The van der Waals surface area contributed by atoms with Crippen molar-refractivity contribution >= 4 is 33.2 Å². The van der Waals surface area contributed by atoms with Crippen LogP contribution in [0.25, 0.3) is 44.6 Å². The molecule has 6 nitrogen and oxygen atoms in total. The van der Waals surface area contributed by atoms with Gasteiger partial charge >= 0.3 is 0 Å². The van der Waals surface area contributed by atoms with E-state index in [9.17, 15) is 0 Å². The number of hydrogen-bond donors (Lipinski definition) is 2. The summed E-state index contributed by atoms with van der Waals surface area (Å²) in [6.45, 7) is 5.94. The molecule has 0 saturated heterocycles. The van der Waals surface area contributed by atoms with Crippen molar-refractivity contribution in [2.75, 3.05) is 14.1 Å². The first-order valence-corrected chi connectivity index (χ1v) is 11.0. The summed E-state index contributed by atoms with van der Waals surface area (Å²) in [5, 5.41) is 8.79. The number of aromatic nitrogens is 5. The van der Waals surface area contributed by atoms with Gasteiger partial charge in [-0.2, -0.15) is 5.10 Å². The number of rotatable bonds is 6. The third kappa shape index (κ3) is 3.69. The van der Waals surface area contributed by atoms with Gasteiger partial charge < -0.3 is 9.88 Å². The molecule has 0 fully saturated rings. The summed E-state index contributed by atoms with van der Waals surface area (Å²) in [4.78, 5) is 15.0. The van der Waals surface area contributed by atoms with Crippen LogP contribution in [0.15, 0.2) is 79.2 Å². The van der Waals surface area contributed by atoms with Gasteiger partial charge in [-0.25, -0.2) is 9.97 Å². The Morgan fingerprint density at radius 1 is 1.21 bits per heavy atom. The van der Waals surface area contributed by atoms with E-state index in [0.29, 0.717) is 0 Å². The van der Waals surface area contributed by atoms with Crippen molar-refractivity contribution in [2.45, 2.75) is 13.3 Å². The van der Waals surface area contributed by atoms with Crippen LogP contribution in [0.4, 0.5) is 0 Å². The van der Waals surface area contributed by atoms with Gasteiger partial charge in [-0.1, -0.05) is 30.9 Å². The summed E-state index contributed by atoms with van der Waals surface area (Å²) >= 11 is 0. The summed E-state index contributed by atoms with van der Waals surface area (Å²) in [7, 11) is 4.00. The minimum Gasteiger partial charge on any atom is -0.378 e. The van der Waals surface area contributed by atoms with Gasteiger partial charge in [0.05, 0.1) is 16.9 Å². The highest BCUT2D eigenvalue weighted by molar-refractivity contribution is 5.98. The van der Waals surface area contributed by atoms with Crippen LogP contribution in [0.2, 0.25) is 0 Å². The molecule has 0 bridgehead atoms. The molecule has 0 aliphatic heterocycles. The first kappa shape index (κ1) is 20.7. The quantitative estimate of drug-likeness (QED) is 0.372. The topological polar surface area (TPSA) is 73.5 Å². The fourth-order valence-corrected chi connectivity index (χ4v) is 4.15. The van der Waals surface area contributed by atoms with E-state index in [-0.39, 0.29) is 0 Å². The van der Waals surface area contributed by atoms with E-state index in [4.69, 9.17) is 4.98 Å². The van der Waals surface area contributed by atoms with Crippen molar-refractivity contribution in [2.24, 2.45) is 0 Å². The van der Waals surface area contributed by atoms with Gasteiger partial charge in [0.25, 0.3) is 0 Å². The molecule has 33 heavy (non-hydrogen) atoms. The molecule has 0 unspecified atom stereocenters. The molecule has 2 N–H and O–H groups in total. The predicted octanol–water partition coefficient (Wildman–Crippen LogP) is 5.88. The van der Waals surface area contributed by atoms with E-state index in [1.165, 1.54) is 11.1 Å². The minimum atomic E-state index is 0.780. The van der Waals surface area contributed by atoms with Gasteiger partial charge in [-0.3, -0.25) is 5.10 Å². The zero-order valence-electron chi connectivity index (χ0n) is 19.1. The molecule has 0 saturated carbocycles. The molecule has 0 spiro atoms. The fraction of sp³-hybridized carbons (Fsp3) is 0.148. The van der Waals surface area contributed by atoms with E-state index in [0.717, 1.165) is 56.8 Å². The summed E-state index contributed by atoms with van der Waals surface area (Å²) in [6, 6.07) is 8.21. The number of fused-ring (bicyclic) bond motifs is 2. The average molecular weight is 435 g/mol. The number of nitrogens with one attached hydrogen (secondary N) is 2. The largest absolute Gasteiger partial charge is 0.378 e. The Morgan fingerprint density at radius 2 is 2.09 bits per heavy atom. The number of likely N-dealkylation sites (N-methyl/N-ethyl adjacent to an activating group) is 1. The Hall–Kier alpha value is -4.19. The third-order valence-electron chi connectivity index (χ3n) is 5.91. The molecule has 1 aliphatic carbocycles. The van der Waals surface area contributed by atoms with Crippen molar-refractivity contribution in [3.8, 4) is 11.4 Å². The van der Waals surface area contributed by atoms with E-state index in [2.05, 4.69) is 69.3 Å². The maximum absolute atomic E-state index is 4.98. The van der Waals surface area contributed by atoms with Crippen LogP contribution in [-0.4, -0.2) is 44.1 Å². The second-order valence-electron chi connectivity index (χ2n) is 8.18. The smallest absolute Gasteiger partial charge is 0.138 e. The minimum absolute atomic E-state index is 0.780. The highest BCUT2D eigenvalue weighted by Crippen LogP contribution is 2.33. The number of allylic oxidation sites excluding steroid dienone is 8. The maximum Gasteiger partial charge on any atom is 0.138 e. The molecule has 4 aromatic rings. The molecule has 0 amide bonds. The monoisotopic (exact) mass is 434 g/mol. The first-order chi connectivity index (χ1) is 16.1. The van der Waals surface area contributed by atoms with Gasteiger partial charge in [-0.15, -0.1) is 0 Å². The number of H-pyrrole nitrogens is 2. The molecule has 4 heterocycles. The Labute approximate surface area is 192 Å². The van der Waals surface area contributed by atoms with Crippen LogP contribution in [0, 0.1) is 0 Å².